The molecule has 0 saturated carbocycles. The molecule has 0 spiro atoms. The topological polar surface area (TPSA) is 38.1 Å². The van der Waals surface area contributed by atoms with Gasteiger partial charge in [0.05, 0.1) is 12.5 Å². The molecule has 3 heteroatoms. The number of aromatic nitrogens is 1. The van der Waals surface area contributed by atoms with Crippen LogP contribution in [-0.4, -0.2) is 17.6 Å². The van der Waals surface area contributed by atoms with E-state index in [2.05, 4.69) is 23.3 Å². The Bertz CT molecular complexity index is 439. The second-order valence-corrected chi connectivity index (χ2v) is 4.85. The van der Waals surface area contributed by atoms with Gasteiger partial charge in [-0.2, -0.15) is 0 Å². The van der Waals surface area contributed by atoms with E-state index in [9.17, 15) is 0 Å². The van der Waals surface area contributed by atoms with Gasteiger partial charge in [-0.1, -0.05) is 13.0 Å². The maximum Gasteiger partial charge on any atom is 0.0935 e. The Morgan fingerprint density at radius 1 is 1.32 bits per heavy atom. The van der Waals surface area contributed by atoms with Crippen LogP contribution in [0.15, 0.2) is 47.4 Å². The average Bonchev–Trinajstić information content (AvgIpc) is 2.96. The van der Waals surface area contributed by atoms with Crippen molar-refractivity contribution < 1.29 is 4.42 Å². The molecule has 0 aliphatic rings. The summed E-state index contributed by atoms with van der Waals surface area (Å²) in [6.45, 7) is 3.26. The van der Waals surface area contributed by atoms with Crippen molar-refractivity contribution in [3.05, 3.63) is 54.2 Å². The van der Waals surface area contributed by atoms with Gasteiger partial charge in [0.1, 0.15) is 0 Å². The smallest absolute Gasteiger partial charge is 0.0935 e. The van der Waals surface area contributed by atoms with Gasteiger partial charge in [-0.25, -0.2) is 0 Å². The highest BCUT2D eigenvalue weighted by Crippen LogP contribution is 2.09. The highest BCUT2D eigenvalue weighted by atomic mass is 16.3. The molecule has 0 aliphatic heterocycles. The third-order valence-corrected chi connectivity index (χ3v) is 3.22. The van der Waals surface area contributed by atoms with E-state index in [1.54, 1.807) is 6.26 Å². The summed E-state index contributed by atoms with van der Waals surface area (Å²) in [6, 6.07) is 8.63. The van der Waals surface area contributed by atoms with Gasteiger partial charge in [-0.3, -0.25) is 4.98 Å². The van der Waals surface area contributed by atoms with Crippen molar-refractivity contribution in [2.45, 2.75) is 38.6 Å². The maximum absolute atomic E-state index is 5.14. The zero-order valence-electron chi connectivity index (χ0n) is 11.5. The highest BCUT2D eigenvalue weighted by molar-refractivity contribution is 5.08. The predicted molar refractivity (Wildman–Crippen MR) is 77.1 cm³/mol. The summed E-state index contributed by atoms with van der Waals surface area (Å²) >= 11 is 0. The van der Waals surface area contributed by atoms with E-state index in [1.165, 1.54) is 5.56 Å². The number of nitrogens with one attached hydrogen (secondary N) is 1. The summed E-state index contributed by atoms with van der Waals surface area (Å²) in [5, 5.41) is 3.61. The Labute approximate surface area is 115 Å². The van der Waals surface area contributed by atoms with Gasteiger partial charge >= 0.3 is 0 Å². The molecule has 19 heavy (non-hydrogen) atoms. The molecule has 0 saturated heterocycles. The number of nitrogens with zero attached hydrogens (tertiary/aromatic N) is 1. The van der Waals surface area contributed by atoms with E-state index in [-0.39, 0.29) is 0 Å². The van der Waals surface area contributed by atoms with Crippen LogP contribution in [0.2, 0.25) is 0 Å². The average molecular weight is 258 g/mol. The molecule has 2 rings (SSSR count). The van der Waals surface area contributed by atoms with Gasteiger partial charge in [0.15, 0.2) is 0 Å². The molecule has 0 bridgehead atoms. The predicted octanol–water partition coefficient (Wildman–Crippen LogP) is 3.22. The minimum Gasteiger partial charge on any atom is -0.472 e. The third kappa shape index (κ3) is 4.87. The van der Waals surface area contributed by atoms with Crippen LogP contribution < -0.4 is 5.32 Å². The van der Waals surface area contributed by atoms with Gasteiger partial charge in [0, 0.05) is 17.9 Å². The van der Waals surface area contributed by atoms with E-state index in [4.69, 9.17) is 4.42 Å². The van der Waals surface area contributed by atoms with Crippen LogP contribution in [0, 0.1) is 0 Å². The molecule has 0 aromatic carbocycles. The van der Waals surface area contributed by atoms with Crippen molar-refractivity contribution >= 4 is 0 Å². The van der Waals surface area contributed by atoms with Crippen LogP contribution in [0.25, 0.3) is 0 Å². The monoisotopic (exact) mass is 258 g/mol. The molecule has 1 N–H and O–H groups in total. The summed E-state index contributed by atoms with van der Waals surface area (Å²) in [5.74, 6) is 0. The molecule has 102 valence electrons. The molecular weight excluding hydrogens is 236 g/mol. The second-order valence-electron chi connectivity index (χ2n) is 4.85. The first-order valence-corrected chi connectivity index (χ1v) is 7.03. The second kappa shape index (κ2) is 7.74. The van der Waals surface area contributed by atoms with Crippen molar-refractivity contribution in [3.8, 4) is 0 Å². The van der Waals surface area contributed by atoms with E-state index in [1.807, 2.05) is 30.7 Å². The van der Waals surface area contributed by atoms with Crippen molar-refractivity contribution in [1.82, 2.24) is 10.3 Å². The van der Waals surface area contributed by atoms with Crippen LogP contribution in [0.4, 0.5) is 0 Å². The molecule has 3 nitrogen and oxygen atoms in total. The van der Waals surface area contributed by atoms with Gasteiger partial charge in [0.25, 0.3) is 0 Å². The van der Waals surface area contributed by atoms with Crippen molar-refractivity contribution in [3.63, 3.8) is 0 Å². The van der Waals surface area contributed by atoms with Gasteiger partial charge < -0.3 is 9.73 Å². The molecule has 1 unspecified atom stereocenters. The zero-order chi connectivity index (χ0) is 13.3. The summed E-state index contributed by atoms with van der Waals surface area (Å²) in [4.78, 5) is 4.38. The molecule has 1 atom stereocenters. The molecular formula is C16H22N2O. The first-order valence-electron chi connectivity index (χ1n) is 7.03. The van der Waals surface area contributed by atoms with Crippen molar-refractivity contribution in [2.24, 2.45) is 0 Å². The van der Waals surface area contributed by atoms with E-state index in [0.717, 1.165) is 37.9 Å². The Kier molecular flexibility index (Phi) is 5.63. The lowest BCUT2D eigenvalue weighted by molar-refractivity contribution is 0.472. The Morgan fingerprint density at radius 2 is 2.26 bits per heavy atom. The molecule has 2 aromatic heterocycles. The van der Waals surface area contributed by atoms with Crippen LogP contribution in [0.1, 0.15) is 31.0 Å². The fourth-order valence-electron chi connectivity index (χ4n) is 2.19. The summed E-state index contributed by atoms with van der Waals surface area (Å²) in [7, 11) is 0. The van der Waals surface area contributed by atoms with E-state index < -0.39 is 0 Å². The number of furan rings is 1. The first-order chi connectivity index (χ1) is 9.38. The highest BCUT2D eigenvalue weighted by Gasteiger charge is 2.10. The lowest BCUT2D eigenvalue weighted by Gasteiger charge is -2.17. The normalized spacial score (nSPS) is 12.5. The Balaban J connectivity index is 1.86. The van der Waals surface area contributed by atoms with Gasteiger partial charge in [-0.05, 0) is 56.0 Å². The minimum atomic E-state index is 0.486. The quantitative estimate of drug-likeness (QED) is 0.790. The molecule has 0 aliphatic carbocycles. The Morgan fingerprint density at radius 3 is 2.95 bits per heavy atom. The minimum absolute atomic E-state index is 0.486. The van der Waals surface area contributed by atoms with Crippen molar-refractivity contribution in [1.29, 1.82) is 0 Å². The number of rotatable bonds is 8. The molecule has 0 amide bonds. The Hall–Kier alpha value is -1.61. The van der Waals surface area contributed by atoms with Gasteiger partial charge in [0.2, 0.25) is 0 Å². The van der Waals surface area contributed by atoms with Gasteiger partial charge in [-0.15, -0.1) is 0 Å². The SMILES string of the molecule is CCCNC(CCc1ccccn1)Cc1ccoc1. The fraction of sp³-hybridized carbons (Fsp3) is 0.438. The molecule has 2 aromatic rings. The maximum atomic E-state index is 5.14. The largest absolute Gasteiger partial charge is 0.472 e. The van der Waals surface area contributed by atoms with Crippen LogP contribution in [0.3, 0.4) is 0 Å². The number of pyridine rings is 1. The fourth-order valence-corrected chi connectivity index (χ4v) is 2.19. The lowest BCUT2D eigenvalue weighted by atomic mass is 10.0. The summed E-state index contributed by atoms with van der Waals surface area (Å²) in [5.41, 5.74) is 2.42. The standard InChI is InChI=1S/C16H22N2O/c1-2-9-17-16(12-14-8-11-19-13-14)7-6-15-5-3-4-10-18-15/h3-5,8,10-11,13,16-17H,2,6-7,9,12H2,1H3. The number of hydrogen-bond donors (Lipinski definition) is 1. The molecule has 0 radical (unpaired) electrons. The van der Waals surface area contributed by atoms with E-state index in [0.29, 0.717) is 6.04 Å². The zero-order valence-corrected chi connectivity index (χ0v) is 11.5. The van der Waals surface area contributed by atoms with E-state index >= 15 is 0 Å². The van der Waals surface area contributed by atoms with Crippen LogP contribution >= 0.6 is 0 Å². The van der Waals surface area contributed by atoms with Crippen molar-refractivity contribution in [2.75, 3.05) is 6.54 Å². The van der Waals surface area contributed by atoms with Crippen LogP contribution in [0.5, 0.6) is 0 Å². The first kappa shape index (κ1) is 13.8. The molecule has 2 heterocycles. The molecule has 0 fully saturated rings. The number of hydrogen-bond acceptors (Lipinski definition) is 3. The lowest BCUT2D eigenvalue weighted by Crippen LogP contribution is -2.32. The summed E-state index contributed by atoms with van der Waals surface area (Å²) < 4.78 is 5.14. The summed E-state index contributed by atoms with van der Waals surface area (Å²) in [6.07, 6.45) is 9.73. The van der Waals surface area contributed by atoms with Crippen LogP contribution in [-0.2, 0) is 12.8 Å². The number of aryl methyl sites for hydroxylation is 1. The third-order valence-electron chi connectivity index (χ3n) is 3.22.